The summed E-state index contributed by atoms with van der Waals surface area (Å²) >= 11 is 0. The van der Waals surface area contributed by atoms with Gasteiger partial charge in [0.2, 0.25) is 0 Å². The zero-order valence-electron chi connectivity index (χ0n) is 14.1. The highest BCUT2D eigenvalue weighted by molar-refractivity contribution is 7.54. The predicted octanol–water partition coefficient (Wildman–Crippen LogP) is 4.79. The van der Waals surface area contributed by atoms with Gasteiger partial charge in [-0.15, -0.1) is 0 Å². The number of carbonyl (C=O) groups is 1. The number of carbonyl (C=O) groups excluding carboxylic acids is 1. The molecule has 0 amide bonds. The summed E-state index contributed by atoms with van der Waals surface area (Å²) in [4.78, 5) is 11.9. The molecule has 142 valence electrons. The Labute approximate surface area is 142 Å². The Morgan fingerprint density at radius 2 is 1.64 bits per heavy atom. The number of benzene rings is 1. The molecule has 0 fully saturated rings. The van der Waals surface area contributed by atoms with Gasteiger partial charge in [-0.25, -0.2) is 4.39 Å². The first-order chi connectivity index (χ1) is 11.3. The minimum Gasteiger partial charge on any atom is -0.426 e. The lowest BCUT2D eigenvalue weighted by Gasteiger charge is -2.22. The quantitative estimate of drug-likeness (QED) is 0.292. The van der Waals surface area contributed by atoms with Crippen LogP contribution in [0.3, 0.4) is 0 Å². The van der Waals surface area contributed by atoms with Crippen molar-refractivity contribution in [3.63, 3.8) is 0 Å². The molecule has 1 aromatic rings. The van der Waals surface area contributed by atoms with Crippen molar-refractivity contribution in [2.24, 2.45) is 0 Å². The molecule has 0 radical (unpaired) electrons. The summed E-state index contributed by atoms with van der Waals surface area (Å²) in [6, 6.07) is 1.74. The van der Waals surface area contributed by atoms with E-state index in [-0.39, 0.29) is 0 Å². The maximum absolute atomic E-state index is 13.2. The van der Waals surface area contributed by atoms with E-state index in [4.69, 9.17) is 13.8 Å². The molecule has 0 aromatic heterocycles. The topological polar surface area (TPSA) is 61.8 Å². The Kier molecular flexibility index (Phi) is 7.17. The smallest absolute Gasteiger partial charge is 0.419 e. The molecule has 0 saturated carbocycles. The molecule has 5 nitrogen and oxygen atoms in total. The standard InChI is InChI=1S/C15H19F4O5P/c1-9(2)23-25(21,24-10(3)4)8-14(20)22-11-5-6-13(16)12(7-11)15(17,18)19/h5-7,9-10H,8H2,1-4H3. The van der Waals surface area contributed by atoms with Crippen LogP contribution in [0.2, 0.25) is 0 Å². The van der Waals surface area contributed by atoms with Gasteiger partial charge >= 0.3 is 19.7 Å². The molecule has 1 rings (SSSR count). The summed E-state index contributed by atoms with van der Waals surface area (Å²) in [5.74, 6) is -3.15. The average Bonchev–Trinajstić information content (AvgIpc) is 2.36. The van der Waals surface area contributed by atoms with Crippen molar-refractivity contribution in [1.29, 1.82) is 0 Å². The van der Waals surface area contributed by atoms with Crippen molar-refractivity contribution in [3.8, 4) is 5.75 Å². The van der Waals surface area contributed by atoms with E-state index in [1.54, 1.807) is 27.7 Å². The number of ether oxygens (including phenoxy) is 1. The zero-order valence-corrected chi connectivity index (χ0v) is 15.0. The van der Waals surface area contributed by atoms with Gasteiger partial charge < -0.3 is 13.8 Å². The second-order valence-electron chi connectivity index (χ2n) is 5.69. The van der Waals surface area contributed by atoms with E-state index < -0.39 is 55.2 Å². The van der Waals surface area contributed by atoms with Gasteiger partial charge in [0.05, 0.1) is 17.8 Å². The lowest BCUT2D eigenvalue weighted by atomic mass is 10.2. The molecular weight excluding hydrogens is 367 g/mol. The Bertz CT molecular complexity index is 644. The highest BCUT2D eigenvalue weighted by atomic mass is 31.2. The van der Waals surface area contributed by atoms with Crippen molar-refractivity contribution in [2.45, 2.75) is 46.1 Å². The van der Waals surface area contributed by atoms with Gasteiger partial charge in [0.1, 0.15) is 17.7 Å². The predicted molar refractivity (Wildman–Crippen MR) is 82.0 cm³/mol. The molecule has 0 bridgehead atoms. The van der Waals surface area contributed by atoms with Crippen LogP contribution in [0.15, 0.2) is 18.2 Å². The lowest BCUT2D eigenvalue weighted by Crippen LogP contribution is -2.19. The highest BCUT2D eigenvalue weighted by Crippen LogP contribution is 2.50. The fourth-order valence-corrected chi connectivity index (χ4v) is 3.71. The molecule has 0 atom stereocenters. The molecule has 0 heterocycles. The number of halogens is 4. The molecule has 0 aliphatic heterocycles. The number of hydrogen-bond donors (Lipinski definition) is 0. The molecule has 0 N–H and O–H groups in total. The number of esters is 1. The number of hydrogen-bond acceptors (Lipinski definition) is 5. The van der Waals surface area contributed by atoms with Gasteiger partial charge in [0.15, 0.2) is 0 Å². The third kappa shape index (κ3) is 7.13. The summed E-state index contributed by atoms with van der Waals surface area (Å²) < 4.78 is 78.7. The van der Waals surface area contributed by atoms with Crippen molar-refractivity contribution in [3.05, 3.63) is 29.6 Å². The summed E-state index contributed by atoms with van der Waals surface area (Å²) in [6.45, 7) is 6.32. The zero-order chi connectivity index (χ0) is 19.4. The van der Waals surface area contributed by atoms with Crippen LogP contribution in [0, 0.1) is 5.82 Å². The van der Waals surface area contributed by atoms with Crippen molar-refractivity contribution >= 4 is 13.6 Å². The van der Waals surface area contributed by atoms with Crippen LogP contribution in [0.5, 0.6) is 5.75 Å². The summed E-state index contributed by atoms with van der Waals surface area (Å²) in [5.41, 5.74) is -1.57. The second-order valence-corrected chi connectivity index (χ2v) is 7.65. The summed E-state index contributed by atoms with van der Waals surface area (Å²) in [7, 11) is -3.85. The van der Waals surface area contributed by atoms with E-state index in [0.29, 0.717) is 12.1 Å². The first-order valence-corrected chi connectivity index (χ1v) is 9.08. The molecule has 0 aliphatic carbocycles. The first kappa shape index (κ1) is 21.6. The number of rotatable bonds is 7. The van der Waals surface area contributed by atoms with Crippen molar-refractivity contribution in [2.75, 3.05) is 6.16 Å². The van der Waals surface area contributed by atoms with Gasteiger partial charge in [-0.1, -0.05) is 0 Å². The molecular formula is C15H19F4O5P. The molecule has 0 saturated heterocycles. The van der Waals surface area contributed by atoms with E-state index in [1.807, 2.05) is 0 Å². The third-order valence-electron chi connectivity index (χ3n) is 2.54. The first-order valence-electron chi connectivity index (χ1n) is 7.35. The molecule has 0 spiro atoms. The minimum atomic E-state index is -4.94. The van der Waals surface area contributed by atoms with E-state index >= 15 is 0 Å². The highest BCUT2D eigenvalue weighted by Gasteiger charge is 2.35. The molecule has 10 heteroatoms. The Balaban J connectivity index is 2.92. The van der Waals surface area contributed by atoms with Gasteiger partial charge in [-0.05, 0) is 45.9 Å². The van der Waals surface area contributed by atoms with E-state index in [0.717, 1.165) is 6.07 Å². The van der Waals surface area contributed by atoms with Crippen LogP contribution >= 0.6 is 7.60 Å². The van der Waals surface area contributed by atoms with Crippen LogP contribution in [-0.2, 0) is 24.6 Å². The second kappa shape index (κ2) is 8.29. The lowest BCUT2D eigenvalue weighted by molar-refractivity contribution is -0.140. The summed E-state index contributed by atoms with van der Waals surface area (Å²) in [6.07, 6.45) is -6.76. The third-order valence-corrected chi connectivity index (χ3v) is 4.67. The largest absolute Gasteiger partial charge is 0.426 e. The monoisotopic (exact) mass is 386 g/mol. The molecule has 25 heavy (non-hydrogen) atoms. The van der Waals surface area contributed by atoms with E-state index in [1.165, 1.54) is 0 Å². The minimum absolute atomic E-state index is 0.352. The van der Waals surface area contributed by atoms with Crippen molar-refractivity contribution < 1.29 is 40.7 Å². The summed E-state index contributed by atoms with van der Waals surface area (Å²) in [5, 5.41) is 0. The number of alkyl halides is 3. The van der Waals surface area contributed by atoms with Gasteiger partial charge in [-0.3, -0.25) is 9.36 Å². The van der Waals surface area contributed by atoms with Gasteiger partial charge in [0.25, 0.3) is 0 Å². The normalized spacial score (nSPS) is 12.7. The average molecular weight is 386 g/mol. The molecule has 0 unspecified atom stereocenters. The molecule has 1 aromatic carbocycles. The van der Waals surface area contributed by atoms with Gasteiger partial charge in [0, 0.05) is 0 Å². The maximum atomic E-state index is 13.2. The molecule has 0 aliphatic rings. The van der Waals surface area contributed by atoms with E-state index in [9.17, 15) is 26.9 Å². The van der Waals surface area contributed by atoms with Crippen LogP contribution < -0.4 is 4.74 Å². The fraction of sp³-hybridized carbons (Fsp3) is 0.533. The van der Waals surface area contributed by atoms with Crippen LogP contribution in [0.25, 0.3) is 0 Å². The van der Waals surface area contributed by atoms with Crippen LogP contribution in [-0.4, -0.2) is 24.3 Å². The Morgan fingerprint density at radius 3 is 2.08 bits per heavy atom. The van der Waals surface area contributed by atoms with E-state index in [2.05, 4.69) is 0 Å². The van der Waals surface area contributed by atoms with Gasteiger partial charge in [-0.2, -0.15) is 13.2 Å². The van der Waals surface area contributed by atoms with Crippen LogP contribution in [0.4, 0.5) is 17.6 Å². The fourth-order valence-electron chi connectivity index (χ4n) is 1.85. The Hall–Kier alpha value is -1.44. The SMILES string of the molecule is CC(C)OP(=O)(CC(=O)Oc1ccc(F)c(C(F)(F)F)c1)OC(C)C. The van der Waals surface area contributed by atoms with Crippen LogP contribution in [0.1, 0.15) is 33.3 Å². The Morgan fingerprint density at radius 1 is 1.12 bits per heavy atom. The van der Waals surface area contributed by atoms with Crippen molar-refractivity contribution in [1.82, 2.24) is 0 Å². The maximum Gasteiger partial charge on any atom is 0.419 e.